The van der Waals surface area contributed by atoms with E-state index in [0.29, 0.717) is 16.6 Å². The molecule has 2 aromatic carbocycles. The minimum Gasteiger partial charge on any atom is -0.372 e. The lowest BCUT2D eigenvalue weighted by atomic mass is 10.0. The van der Waals surface area contributed by atoms with Crippen LogP contribution in [0, 0.1) is 0 Å². The Morgan fingerprint density at radius 1 is 1.15 bits per heavy atom. The lowest BCUT2D eigenvalue weighted by molar-refractivity contribution is -0.114. The molecule has 2 aromatic rings. The van der Waals surface area contributed by atoms with Crippen molar-refractivity contribution in [2.75, 3.05) is 30.4 Å². The van der Waals surface area contributed by atoms with Gasteiger partial charge in [-0.25, -0.2) is 0 Å². The van der Waals surface area contributed by atoms with Gasteiger partial charge in [-0.2, -0.15) is 0 Å². The average molecular weight is 425 g/mol. The van der Waals surface area contributed by atoms with Crippen LogP contribution in [0.15, 0.2) is 47.5 Å². The smallest absolute Gasteiger partial charge is 0.221 e. The summed E-state index contributed by atoms with van der Waals surface area (Å²) in [7, 11) is 2.04. The summed E-state index contributed by atoms with van der Waals surface area (Å²) in [4.78, 5) is 18.2. The highest BCUT2D eigenvalue weighted by molar-refractivity contribution is 6.42. The maximum absolute atomic E-state index is 11.4. The first kappa shape index (κ1) is 21.3. The van der Waals surface area contributed by atoms with Crippen LogP contribution in [0.1, 0.15) is 18.1 Å². The number of benzodiazepines with no additional fused rings is 1. The van der Waals surface area contributed by atoms with Gasteiger partial charge in [-0.1, -0.05) is 35.3 Å². The van der Waals surface area contributed by atoms with Crippen molar-refractivity contribution in [3.05, 3.63) is 63.6 Å². The molecule has 0 spiro atoms. The summed E-state index contributed by atoms with van der Waals surface area (Å²) in [5.74, 6) is -0.100. The molecule has 1 aliphatic rings. The first-order valence-corrected chi connectivity index (χ1v) is 9.00. The van der Waals surface area contributed by atoms with Gasteiger partial charge in [0.15, 0.2) is 0 Å². The number of amides is 1. The van der Waals surface area contributed by atoms with Crippen molar-refractivity contribution < 1.29 is 4.79 Å². The van der Waals surface area contributed by atoms with E-state index in [0.717, 1.165) is 34.8 Å². The van der Waals surface area contributed by atoms with Crippen LogP contribution < -0.4 is 10.2 Å². The fourth-order valence-electron chi connectivity index (χ4n) is 2.81. The van der Waals surface area contributed by atoms with Crippen molar-refractivity contribution in [1.82, 2.24) is 0 Å². The Hall–Kier alpha value is -2.01. The highest BCUT2D eigenvalue weighted by Gasteiger charge is 2.15. The number of allylic oxidation sites excluding steroid dienone is 1. The predicted molar refractivity (Wildman–Crippen MR) is 118 cm³/mol. The zero-order valence-electron chi connectivity index (χ0n) is 15.0. The van der Waals surface area contributed by atoms with Crippen LogP contribution in [0.5, 0.6) is 0 Å². The van der Waals surface area contributed by atoms with Gasteiger partial charge >= 0.3 is 0 Å². The van der Waals surface area contributed by atoms with Gasteiger partial charge in [0.25, 0.3) is 0 Å². The molecular formula is C20H20Cl3N3O. The van der Waals surface area contributed by atoms with Crippen LogP contribution in [-0.2, 0) is 4.79 Å². The summed E-state index contributed by atoms with van der Waals surface area (Å²) < 4.78 is 0. The van der Waals surface area contributed by atoms with Gasteiger partial charge in [0.05, 0.1) is 22.3 Å². The molecule has 27 heavy (non-hydrogen) atoms. The van der Waals surface area contributed by atoms with Crippen LogP contribution in [0.3, 0.4) is 0 Å². The number of nitrogens with one attached hydrogen (secondary N) is 1. The monoisotopic (exact) mass is 423 g/mol. The van der Waals surface area contributed by atoms with Crippen LogP contribution in [-0.4, -0.2) is 31.8 Å². The molecule has 0 fully saturated rings. The van der Waals surface area contributed by atoms with E-state index in [-0.39, 0.29) is 18.3 Å². The van der Waals surface area contributed by atoms with Crippen molar-refractivity contribution in [2.24, 2.45) is 4.99 Å². The van der Waals surface area contributed by atoms with E-state index in [1.807, 2.05) is 49.5 Å². The number of benzene rings is 2. The van der Waals surface area contributed by atoms with Gasteiger partial charge in [-0.05, 0) is 42.0 Å². The standard InChI is InChI=1S/C20H19Cl2N3O.ClH/c1-13(26)24-15-5-8-20-16(12-15)19(23-9-10-25(20)2)7-4-14-3-6-17(21)18(22)11-14;/h3-8,11-12H,9-10H2,1-2H3,(H,24,26);1H/b7-4+;. The number of carbonyl (C=O) groups is 1. The maximum Gasteiger partial charge on any atom is 0.221 e. The molecule has 1 heterocycles. The number of anilines is 2. The van der Waals surface area contributed by atoms with Crippen LogP contribution in [0.4, 0.5) is 11.4 Å². The van der Waals surface area contributed by atoms with E-state index in [4.69, 9.17) is 28.2 Å². The van der Waals surface area contributed by atoms with Crippen LogP contribution in [0.25, 0.3) is 6.08 Å². The third-order valence-corrected chi connectivity index (χ3v) is 4.84. The second-order valence-corrected chi connectivity index (χ2v) is 6.92. The number of halogens is 3. The largest absolute Gasteiger partial charge is 0.372 e. The van der Waals surface area contributed by atoms with Gasteiger partial charge in [0, 0.05) is 37.5 Å². The van der Waals surface area contributed by atoms with Crippen molar-refractivity contribution in [2.45, 2.75) is 6.92 Å². The molecule has 0 bridgehead atoms. The number of hydrogen-bond acceptors (Lipinski definition) is 3. The molecule has 0 aliphatic carbocycles. The molecule has 1 N–H and O–H groups in total. The third kappa shape index (κ3) is 5.25. The Labute approximate surface area is 175 Å². The quantitative estimate of drug-likeness (QED) is 0.724. The van der Waals surface area contributed by atoms with Crippen molar-refractivity contribution >= 4 is 64.7 Å². The topological polar surface area (TPSA) is 44.7 Å². The SMILES string of the molecule is CC(=O)Nc1ccc2c(c1)C(/C=C/c1ccc(Cl)c(Cl)c1)=NCCN2C.Cl. The fraction of sp³-hybridized carbons (Fsp3) is 0.200. The number of hydrogen-bond donors (Lipinski definition) is 1. The summed E-state index contributed by atoms with van der Waals surface area (Å²) in [6.07, 6.45) is 3.93. The lowest BCUT2D eigenvalue weighted by Crippen LogP contribution is -2.20. The van der Waals surface area contributed by atoms with E-state index in [9.17, 15) is 4.79 Å². The summed E-state index contributed by atoms with van der Waals surface area (Å²) in [5, 5.41) is 3.88. The molecule has 0 unspecified atom stereocenters. The third-order valence-electron chi connectivity index (χ3n) is 4.10. The Bertz CT molecular complexity index is 909. The predicted octanol–water partition coefficient (Wildman–Crippen LogP) is 5.33. The molecule has 0 aromatic heterocycles. The van der Waals surface area contributed by atoms with E-state index >= 15 is 0 Å². The number of rotatable bonds is 3. The van der Waals surface area contributed by atoms with E-state index < -0.39 is 0 Å². The summed E-state index contributed by atoms with van der Waals surface area (Å²) in [5.41, 5.74) is 4.62. The maximum atomic E-state index is 11.4. The van der Waals surface area contributed by atoms with Crippen molar-refractivity contribution in [3.63, 3.8) is 0 Å². The molecule has 7 heteroatoms. The van der Waals surface area contributed by atoms with Crippen LogP contribution >= 0.6 is 35.6 Å². The van der Waals surface area contributed by atoms with Gasteiger partial charge < -0.3 is 10.2 Å². The van der Waals surface area contributed by atoms with Crippen molar-refractivity contribution in [1.29, 1.82) is 0 Å². The number of nitrogens with zero attached hydrogens (tertiary/aromatic N) is 2. The Morgan fingerprint density at radius 3 is 2.63 bits per heavy atom. The summed E-state index contributed by atoms with van der Waals surface area (Å²) >= 11 is 12.1. The molecule has 142 valence electrons. The Kier molecular flexibility index (Phi) is 7.31. The molecule has 4 nitrogen and oxygen atoms in total. The summed E-state index contributed by atoms with van der Waals surface area (Å²) in [6, 6.07) is 11.4. The highest BCUT2D eigenvalue weighted by Crippen LogP contribution is 2.27. The first-order valence-electron chi connectivity index (χ1n) is 8.25. The molecule has 0 saturated heterocycles. The highest BCUT2D eigenvalue weighted by atomic mass is 35.5. The Morgan fingerprint density at radius 2 is 1.93 bits per heavy atom. The van der Waals surface area contributed by atoms with E-state index in [2.05, 4.69) is 10.2 Å². The minimum atomic E-state index is -0.100. The minimum absolute atomic E-state index is 0. The fourth-order valence-corrected chi connectivity index (χ4v) is 3.12. The number of fused-ring (bicyclic) bond motifs is 1. The van der Waals surface area contributed by atoms with Crippen molar-refractivity contribution in [3.8, 4) is 0 Å². The second-order valence-electron chi connectivity index (χ2n) is 6.11. The average Bonchev–Trinajstić information content (AvgIpc) is 2.74. The zero-order chi connectivity index (χ0) is 18.7. The number of likely N-dealkylation sites (N-methyl/N-ethyl adjacent to an activating group) is 1. The molecule has 0 saturated carbocycles. The van der Waals surface area contributed by atoms with Gasteiger partial charge in [0.1, 0.15) is 0 Å². The lowest BCUT2D eigenvalue weighted by Gasteiger charge is -2.19. The normalized spacial score (nSPS) is 13.5. The molecular weight excluding hydrogens is 405 g/mol. The van der Waals surface area contributed by atoms with E-state index in [1.165, 1.54) is 6.92 Å². The molecule has 1 amide bonds. The molecule has 0 atom stereocenters. The van der Waals surface area contributed by atoms with E-state index in [1.54, 1.807) is 6.07 Å². The number of aliphatic imine (C=N–C) groups is 1. The molecule has 1 aliphatic heterocycles. The van der Waals surface area contributed by atoms with Gasteiger partial charge in [0.2, 0.25) is 5.91 Å². The first-order chi connectivity index (χ1) is 12.4. The second kappa shape index (κ2) is 9.27. The van der Waals surface area contributed by atoms with Gasteiger partial charge in [-0.15, -0.1) is 12.4 Å². The zero-order valence-corrected chi connectivity index (χ0v) is 17.3. The Balaban J connectivity index is 0.00000261. The van der Waals surface area contributed by atoms with Gasteiger partial charge in [-0.3, -0.25) is 9.79 Å². The molecule has 0 radical (unpaired) electrons. The summed E-state index contributed by atoms with van der Waals surface area (Å²) in [6.45, 7) is 3.02. The van der Waals surface area contributed by atoms with Crippen LogP contribution in [0.2, 0.25) is 10.0 Å². The number of carbonyl (C=O) groups excluding carboxylic acids is 1. The molecule has 3 rings (SSSR count).